The fourth-order valence-corrected chi connectivity index (χ4v) is 3.75. The summed E-state index contributed by atoms with van der Waals surface area (Å²) in [4.78, 5) is 20.5. The third-order valence-corrected chi connectivity index (χ3v) is 5.26. The van der Waals surface area contributed by atoms with Crippen molar-refractivity contribution in [2.24, 2.45) is 11.1 Å². The Balaban J connectivity index is 1.36. The fraction of sp³-hybridized carbons (Fsp3) is 0.304. The number of carbonyl (C=O) groups is 1. The van der Waals surface area contributed by atoms with E-state index in [1.807, 2.05) is 53.4 Å². The first kappa shape index (κ1) is 17.5. The second-order valence-electron chi connectivity index (χ2n) is 7.23. The molecule has 1 aliphatic heterocycles. The Kier molecular flexibility index (Phi) is 5.05. The molecule has 0 aromatic heterocycles. The summed E-state index contributed by atoms with van der Waals surface area (Å²) in [7, 11) is 0. The van der Waals surface area contributed by atoms with Gasteiger partial charge in [-0.2, -0.15) is 0 Å². The van der Waals surface area contributed by atoms with E-state index in [-0.39, 0.29) is 17.9 Å². The number of nitrogens with zero attached hydrogens (tertiary/aromatic N) is 2. The number of hydrogen-bond acceptors (Lipinski definition) is 3. The molecule has 4 heteroatoms. The second-order valence-corrected chi connectivity index (χ2v) is 7.23. The summed E-state index contributed by atoms with van der Waals surface area (Å²) >= 11 is 0. The van der Waals surface area contributed by atoms with Crippen molar-refractivity contribution in [2.45, 2.75) is 24.9 Å². The SMILES string of the molecule is C=CCN(C[C@H]1CC(c2ccccc2)=NO1)C(=O)[C@H]1C[C@H]1c1ccccc1. The van der Waals surface area contributed by atoms with E-state index >= 15 is 0 Å². The van der Waals surface area contributed by atoms with Crippen LogP contribution in [0.1, 0.15) is 29.9 Å². The summed E-state index contributed by atoms with van der Waals surface area (Å²) in [6.07, 6.45) is 3.33. The highest BCUT2D eigenvalue weighted by Crippen LogP contribution is 2.48. The third kappa shape index (κ3) is 3.95. The molecule has 4 rings (SSSR count). The average Bonchev–Trinajstić information content (AvgIpc) is 3.39. The van der Waals surface area contributed by atoms with Gasteiger partial charge in [0.15, 0.2) is 6.10 Å². The van der Waals surface area contributed by atoms with Crippen molar-refractivity contribution in [2.75, 3.05) is 13.1 Å². The van der Waals surface area contributed by atoms with Crippen molar-refractivity contribution in [3.63, 3.8) is 0 Å². The molecule has 0 spiro atoms. The Morgan fingerprint density at radius 2 is 1.85 bits per heavy atom. The van der Waals surface area contributed by atoms with E-state index in [9.17, 15) is 4.79 Å². The molecule has 0 saturated heterocycles. The van der Waals surface area contributed by atoms with E-state index in [1.165, 1.54) is 5.56 Å². The Hall–Kier alpha value is -2.88. The van der Waals surface area contributed by atoms with Crippen molar-refractivity contribution in [1.29, 1.82) is 0 Å². The van der Waals surface area contributed by atoms with Gasteiger partial charge in [0.25, 0.3) is 0 Å². The lowest BCUT2D eigenvalue weighted by Gasteiger charge is -2.23. The molecule has 0 radical (unpaired) electrons. The van der Waals surface area contributed by atoms with Gasteiger partial charge in [0.2, 0.25) is 5.91 Å². The van der Waals surface area contributed by atoms with Gasteiger partial charge in [-0.05, 0) is 23.5 Å². The van der Waals surface area contributed by atoms with Crippen LogP contribution in [0.5, 0.6) is 0 Å². The van der Waals surface area contributed by atoms with E-state index in [4.69, 9.17) is 4.84 Å². The second kappa shape index (κ2) is 7.78. The Bertz CT molecular complexity index is 832. The van der Waals surface area contributed by atoms with Gasteiger partial charge in [-0.1, -0.05) is 71.9 Å². The minimum absolute atomic E-state index is 0.0725. The minimum Gasteiger partial charge on any atom is -0.390 e. The summed E-state index contributed by atoms with van der Waals surface area (Å²) in [5, 5.41) is 4.24. The quantitative estimate of drug-likeness (QED) is 0.701. The predicted octanol–water partition coefficient (Wildman–Crippen LogP) is 4.00. The van der Waals surface area contributed by atoms with Gasteiger partial charge in [-0.25, -0.2) is 0 Å². The molecule has 1 fully saturated rings. The number of oxime groups is 1. The third-order valence-electron chi connectivity index (χ3n) is 5.26. The molecule has 0 bridgehead atoms. The molecule has 1 heterocycles. The molecular formula is C23H24N2O2. The highest BCUT2D eigenvalue weighted by molar-refractivity contribution is 6.01. The highest BCUT2D eigenvalue weighted by atomic mass is 16.6. The van der Waals surface area contributed by atoms with Crippen LogP contribution < -0.4 is 0 Å². The number of hydrogen-bond donors (Lipinski definition) is 0. The number of rotatable bonds is 7. The maximum Gasteiger partial charge on any atom is 0.226 e. The standard InChI is InChI=1S/C23H24N2O2/c1-2-13-25(23(26)21-15-20(21)17-9-5-3-6-10-17)16-19-14-22(24-27-19)18-11-7-4-8-12-18/h2-12,19-21H,1,13-16H2/t19-,20+,21+/m1/s1. The monoisotopic (exact) mass is 360 g/mol. The maximum absolute atomic E-state index is 13.0. The van der Waals surface area contributed by atoms with E-state index in [2.05, 4.69) is 23.9 Å². The van der Waals surface area contributed by atoms with Gasteiger partial charge in [-0.3, -0.25) is 4.79 Å². The van der Waals surface area contributed by atoms with Crippen molar-refractivity contribution in [1.82, 2.24) is 4.90 Å². The molecule has 4 nitrogen and oxygen atoms in total. The molecule has 1 aliphatic carbocycles. The van der Waals surface area contributed by atoms with Crippen LogP contribution in [0.25, 0.3) is 0 Å². The van der Waals surface area contributed by atoms with Gasteiger partial charge in [0.05, 0.1) is 12.3 Å². The van der Waals surface area contributed by atoms with Crippen LogP contribution in [0.2, 0.25) is 0 Å². The summed E-state index contributed by atoms with van der Waals surface area (Å²) in [6, 6.07) is 20.3. The van der Waals surface area contributed by atoms with E-state index in [0.717, 1.165) is 24.1 Å². The fourth-order valence-electron chi connectivity index (χ4n) is 3.75. The van der Waals surface area contributed by atoms with Crippen LogP contribution >= 0.6 is 0 Å². The molecule has 138 valence electrons. The lowest BCUT2D eigenvalue weighted by atomic mass is 10.0. The van der Waals surface area contributed by atoms with Gasteiger partial charge in [0.1, 0.15) is 0 Å². The first-order chi connectivity index (χ1) is 13.3. The number of benzene rings is 2. The summed E-state index contributed by atoms with van der Waals surface area (Å²) in [6.45, 7) is 4.90. The maximum atomic E-state index is 13.0. The molecule has 0 N–H and O–H groups in total. The predicted molar refractivity (Wildman–Crippen MR) is 107 cm³/mol. The highest BCUT2D eigenvalue weighted by Gasteiger charge is 2.46. The molecule has 2 aromatic carbocycles. The van der Waals surface area contributed by atoms with Gasteiger partial charge in [-0.15, -0.1) is 6.58 Å². The van der Waals surface area contributed by atoms with Crippen LogP contribution in [0, 0.1) is 5.92 Å². The topological polar surface area (TPSA) is 41.9 Å². The Labute approximate surface area is 160 Å². The van der Waals surface area contributed by atoms with Crippen molar-refractivity contribution in [3.05, 3.63) is 84.4 Å². The van der Waals surface area contributed by atoms with Crippen molar-refractivity contribution in [3.8, 4) is 0 Å². The molecule has 27 heavy (non-hydrogen) atoms. The Morgan fingerprint density at radius 1 is 1.15 bits per heavy atom. The Morgan fingerprint density at radius 3 is 2.56 bits per heavy atom. The zero-order chi connectivity index (χ0) is 18.6. The smallest absolute Gasteiger partial charge is 0.226 e. The molecular weight excluding hydrogens is 336 g/mol. The van der Waals surface area contributed by atoms with Crippen molar-refractivity contribution < 1.29 is 9.63 Å². The van der Waals surface area contributed by atoms with Gasteiger partial charge in [0, 0.05) is 18.9 Å². The number of carbonyl (C=O) groups excluding carboxylic acids is 1. The van der Waals surface area contributed by atoms with Crippen LogP contribution in [0.3, 0.4) is 0 Å². The molecule has 2 aliphatic rings. The first-order valence-electron chi connectivity index (χ1n) is 9.49. The van der Waals surface area contributed by atoms with Crippen LogP contribution in [-0.4, -0.2) is 35.7 Å². The van der Waals surface area contributed by atoms with E-state index in [0.29, 0.717) is 19.0 Å². The van der Waals surface area contributed by atoms with Crippen LogP contribution in [-0.2, 0) is 9.63 Å². The summed E-state index contributed by atoms with van der Waals surface area (Å²) < 4.78 is 0. The molecule has 0 unspecified atom stereocenters. The lowest BCUT2D eigenvalue weighted by molar-refractivity contribution is -0.133. The summed E-state index contributed by atoms with van der Waals surface area (Å²) in [5.41, 5.74) is 3.27. The zero-order valence-corrected chi connectivity index (χ0v) is 15.3. The largest absolute Gasteiger partial charge is 0.390 e. The summed E-state index contributed by atoms with van der Waals surface area (Å²) in [5.74, 6) is 0.607. The molecule has 1 amide bonds. The zero-order valence-electron chi connectivity index (χ0n) is 15.3. The lowest BCUT2D eigenvalue weighted by Crippen LogP contribution is -2.39. The van der Waals surface area contributed by atoms with E-state index < -0.39 is 0 Å². The van der Waals surface area contributed by atoms with Gasteiger partial charge < -0.3 is 9.74 Å². The molecule has 1 saturated carbocycles. The molecule has 2 aromatic rings. The normalized spacial score (nSPS) is 23.3. The van der Waals surface area contributed by atoms with Crippen LogP contribution in [0.4, 0.5) is 0 Å². The van der Waals surface area contributed by atoms with E-state index in [1.54, 1.807) is 6.08 Å². The minimum atomic E-state index is -0.0990. The van der Waals surface area contributed by atoms with Crippen molar-refractivity contribution >= 4 is 11.6 Å². The first-order valence-corrected chi connectivity index (χ1v) is 9.49. The molecule has 3 atom stereocenters. The van der Waals surface area contributed by atoms with Gasteiger partial charge >= 0.3 is 0 Å². The number of amides is 1. The average molecular weight is 360 g/mol. The van der Waals surface area contributed by atoms with Crippen LogP contribution in [0.15, 0.2) is 78.5 Å².